The van der Waals surface area contributed by atoms with Crippen molar-refractivity contribution in [2.75, 3.05) is 7.05 Å². The summed E-state index contributed by atoms with van der Waals surface area (Å²) in [6.45, 7) is 8.25. The Morgan fingerprint density at radius 2 is 2.14 bits per heavy atom. The maximum absolute atomic E-state index is 5.82. The maximum Gasteiger partial charge on any atom is 0.213 e. The molecule has 1 aliphatic carbocycles. The Balaban J connectivity index is 0.00000141. The molecule has 3 heteroatoms. The molecule has 1 saturated carbocycles. The van der Waals surface area contributed by atoms with E-state index in [-0.39, 0.29) is 1.43 Å². The Morgan fingerprint density at radius 1 is 1.43 bits per heavy atom. The molecule has 1 fully saturated rings. The van der Waals surface area contributed by atoms with Crippen molar-refractivity contribution < 1.29 is 6.16 Å². The molecule has 0 unspecified atom stereocenters. The standard InChI is InChI=1S/C16H24N2O.C2H6.H2/c1-4-12(2)5-6-13-7-8-16(18-11-13)19-15-9-14(10-15)17-3;1-2;/h4,7-8,11,14-15,17H,5-6,9-10H2,1-3H3;1-2H3;1H/b12-4+;;. The van der Waals surface area contributed by atoms with Gasteiger partial charge < -0.3 is 10.1 Å². The van der Waals surface area contributed by atoms with Crippen molar-refractivity contribution in [2.45, 2.75) is 65.5 Å². The predicted molar refractivity (Wildman–Crippen MR) is 91.9 cm³/mol. The number of pyridine rings is 1. The molecule has 3 nitrogen and oxygen atoms in total. The maximum atomic E-state index is 5.82. The summed E-state index contributed by atoms with van der Waals surface area (Å²) in [5.41, 5.74) is 2.70. The first kappa shape index (κ1) is 17.7. The fourth-order valence-corrected chi connectivity index (χ4v) is 2.18. The van der Waals surface area contributed by atoms with Crippen LogP contribution in [0.1, 0.15) is 53.9 Å². The second kappa shape index (κ2) is 9.56. The van der Waals surface area contributed by atoms with Gasteiger partial charge in [-0.05, 0) is 52.1 Å². The first-order valence-electron chi connectivity index (χ1n) is 8.12. The van der Waals surface area contributed by atoms with Gasteiger partial charge in [0.25, 0.3) is 0 Å². The average Bonchev–Trinajstić information content (AvgIpc) is 2.51. The Bertz CT molecular complexity index is 425. The molecule has 2 rings (SSSR count). The Labute approximate surface area is 131 Å². The lowest BCUT2D eigenvalue weighted by atomic mass is 9.89. The smallest absolute Gasteiger partial charge is 0.213 e. The van der Waals surface area contributed by atoms with Gasteiger partial charge in [-0.25, -0.2) is 4.98 Å². The normalized spacial score (nSPS) is 21.1. The molecular weight excluding hydrogens is 260 g/mol. The topological polar surface area (TPSA) is 34.1 Å². The summed E-state index contributed by atoms with van der Waals surface area (Å²) in [7, 11) is 2.00. The molecule has 120 valence electrons. The third kappa shape index (κ3) is 5.88. The van der Waals surface area contributed by atoms with E-state index in [4.69, 9.17) is 4.74 Å². The largest absolute Gasteiger partial charge is 0.474 e. The van der Waals surface area contributed by atoms with Gasteiger partial charge in [-0.15, -0.1) is 0 Å². The number of rotatable bonds is 6. The van der Waals surface area contributed by atoms with Crippen LogP contribution in [-0.4, -0.2) is 24.2 Å². The van der Waals surface area contributed by atoms with E-state index < -0.39 is 0 Å². The van der Waals surface area contributed by atoms with Crippen molar-refractivity contribution >= 4 is 0 Å². The monoisotopic (exact) mass is 292 g/mol. The summed E-state index contributed by atoms with van der Waals surface area (Å²) >= 11 is 0. The Kier molecular flexibility index (Phi) is 8.06. The molecule has 0 aromatic carbocycles. The third-order valence-corrected chi connectivity index (χ3v) is 3.89. The number of allylic oxidation sites excluding steroid dienone is 2. The molecule has 21 heavy (non-hydrogen) atoms. The van der Waals surface area contributed by atoms with Crippen LogP contribution in [0.5, 0.6) is 5.88 Å². The first-order valence-corrected chi connectivity index (χ1v) is 8.12. The Hall–Kier alpha value is -1.35. The van der Waals surface area contributed by atoms with E-state index in [9.17, 15) is 0 Å². The number of nitrogens with one attached hydrogen (secondary N) is 1. The van der Waals surface area contributed by atoms with Crippen molar-refractivity contribution in [3.63, 3.8) is 0 Å². The fourth-order valence-electron chi connectivity index (χ4n) is 2.18. The molecule has 1 heterocycles. The molecule has 0 atom stereocenters. The molecule has 0 radical (unpaired) electrons. The van der Waals surface area contributed by atoms with Crippen LogP contribution in [-0.2, 0) is 6.42 Å². The van der Waals surface area contributed by atoms with E-state index in [1.165, 1.54) is 11.1 Å². The third-order valence-electron chi connectivity index (χ3n) is 3.89. The van der Waals surface area contributed by atoms with E-state index in [1.807, 2.05) is 33.2 Å². The number of hydrogen-bond acceptors (Lipinski definition) is 3. The van der Waals surface area contributed by atoms with Crippen molar-refractivity contribution in [1.82, 2.24) is 10.3 Å². The molecule has 0 saturated heterocycles. The van der Waals surface area contributed by atoms with E-state index >= 15 is 0 Å². The zero-order valence-corrected chi connectivity index (χ0v) is 14.1. The molecule has 0 spiro atoms. The number of hydrogen-bond donors (Lipinski definition) is 1. The molecule has 0 aliphatic heterocycles. The van der Waals surface area contributed by atoms with Crippen molar-refractivity contribution in [3.05, 3.63) is 35.5 Å². The van der Waals surface area contributed by atoms with Gasteiger partial charge in [-0.1, -0.05) is 31.6 Å². The van der Waals surface area contributed by atoms with Crippen LogP contribution in [0.2, 0.25) is 0 Å². The zero-order valence-electron chi connectivity index (χ0n) is 14.1. The zero-order chi connectivity index (χ0) is 15.7. The highest BCUT2D eigenvalue weighted by atomic mass is 16.5. The van der Waals surface area contributed by atoms with Crippen LogP contribution in [0.15, 0.2) is 30.0 Å². The van der Waals surface area contributed by atoms with Gasteiger partial charge in [-0.3, -0.25) is 0 Å². The lowest BCUT2D eigenvalue weighted by Gasteiger charge is -2.34. The van der Waals surface area contributed by atoms with Crippen LogP contribution in [0.3, 0.4) is 0 Å². The summed E-state index contributed by atoms with van der Waals surface area (Å²) in [5.74, 6) is 0.756. The van der Waals surface area contributed by atoms with E-state index in [0.717, 1.165) is 31.6 Å². The highest BCUT2D eigenvalue weighted by molar-refractivity contribution is 5.19. The first-order chi connectivity index (χ1) is 10.2. The second-order valence-corrected chi connectivity index (χ2v) is 5.34. The van der Waals surface area contributed by atoms with Gasteiger partial charge in [0, 0.05) is 19.7 Å². The molecule has 1 aromatic rings. The van der Waals surface area contributed by atoms with Gasteiger partial charge in [0.05, 0.1) is 0 Å². The highest BCUT2D eigenvalue weighted by Gasteiger charge is 2.29. The number of nitrogens with zero attached hydrogens (tertiary/aromatic N) is 1. The molecule has 1 aliphatic rings. The lowest BCUT2D eigenvalue weighted by molar-refractivity contribution is 0.0839. The number of ether oxygens (including phenoxy) is 1. The highest BCUT2D eigenvalue weighted by Crippen LogP contribution is 2.24. The van der Waals surface area contributed by atoms with Crippen molar-refractivity contribution in [1.29, 1.82) is 0 Å². The SMILES string of the molecule is C/C=C(\C)CCc1ccc(OC2CC(NC)C2)nc1.CC.[HH]. The number of aryl methyl sites for hydroxylation is 1. The summed E-state index contributed by atoms with van der Waals surface area (Å²) in [6.07, 6.45) is 8.76. The van der Waals surface area contributed by atoms with Crippen LogP contribution >= 0.6 is 0 Å². The van der Waals surface area contributed by atoms with Crippen molar-refractivity contribution in [2.24, 2.45) is 0 Å². The van der Waals surface area contributed by atoms with E-state index in [0.29, 0.717) is 12.1 Å². The molecule has 0 bridgehead atoms. The quantitative estimate of drug-likeness (QED) is 0.790. The molecule has 1 N–H and O–H groups in total. The van der Waals surface area contributed by atoms with Crippen LogP contribution in [0, 0.1) is 0 Å². The fraction of sp³-hybridized carbons (Fsp3) is 0.611. The van der Waals surface area contributed by atoms with Gasteiger partial charge in [0.2, 0.25) is 5.88 Å². The minimum atomic E-state index is 0. The van der Waals surface area contributed by atoms with E-state index in [2.05, 4.69) is 36.3 Å². The lowest BCUT2D eigenvalue weighted by Crippen LogP contribution is -2.45. The minimum Gasteiger partial charge on any atom is -0.474 e. The number of aromatic nitrogens is 1. The van der Waals surface area contributed by atoms with Gasteiger partial charge in [-0.2, -0.15) is 0 Å². The summed E-state index contributed by atoms with van der Waals surface area (Å²) in [6, 6.07) is 4.74. The summed E-state index contributed by atoms with van der Waals surface area (Å²) < 4.78 is 5.82. The summed E-state index contributed by atoms with van der Waals surface area (Å²) in [4.78, 5) is 4.39. The predicted octanol–water partition coefficient (Wildman–Crippen LogP) is 4.38. The van der Waals surface area contributed by atoms with Gasteiger partial charge in [0.15, 0.2) is 0 Å². The molecule has 0 amide bonds. The summed E-state index contributed by atoms with van der Waals surface area (Å²) in [5, 5.41) is 3.25. The van der Waals surface area contributed by atoms with Crippen molar-refractivity contribution in [3.8, 4) is 5.88 Å². The average molecular weight is 292 g/mol. The minimum absolute atomic E-state index is 0. The van der Waals surface area contributed by atoms with Crippen LogP contribution < -0.4 is 10.1 Å². The Morgan fingerprint density at radius 3 is 2.67 bits per heavy atom. The molecule has 1 aromatic heterocycles. The second-order valence-electron chi connectivity index (χ2n) is 5.34. The van der Waals surface area contributed by atoms with Crippen LogP contribution in [0.4, 0.5) is 0 Å². The van der Waals surface area contributed by atoms with Gasteiger partial charge in [0.1, 0.15) is 6.10 Å². The van der Waals surface area contributed by atoms with Gasteiger partial charge >= 0.3 is 0 Å². The van der Waals surface area contributed by atoms with E-state index in [1.54, 1.807) is 0 Å². The van der Waals surface area contributed by atoms with Crippen LogP contribution in [0.25, 0.3) is 0 Å². The molecular formula is C18H32N2O.